The van der Waals surface area contributed by atoms with Gasteiger partial charge in [0.05, 0.1) is 11.6 Å². The molecule has 0 saturated carbocycles. The van der Waals surface area contributed by atoms with Crippen LogP contribution in [0.1, 0.15) is 52.0 Å². The minimum atomic E-state index is 0.507. The van der Waals surface area contributed by atoms with Crippen LogP contribution in [0.15, 0.2) is 24.3 Å². The van der Waals surface area contributed by atoms with Crippen LogP contribution in [-0.2, 0) is 0 Å². The van der Waals surface area contributed by atoms with E-state index in [-0.39, 0.29) is 0 Å². The first-order valence-electron chi connectivity index (χ1n) is 6.66. The molecule has 1 heterocycles. The summed E-state index contributed by atoms with van der Waals surface area (Å²) in [7, 11) is 0. The van der Waals surface area contributed by atoms with Crippen molar-refractivity contribution < 1.29 is 0 Å². The maximum atomic E-state index is 4.33. The van der Waals surface area contributed by atoms with Crippen LogP contribution in [0.2, 0.25) is 0 Å². The summed E-state index contributed by atoms with van der Waals surface area (Å²) in [5.41, 5.74) is 2.17. The zero-order valence-electron chi connectivity index (χ0n) is 10.8. The molecule has 1 atom stereocenters. The van der Waals surface area contributed by atoms with Gasteiger partial charge in [0, 0.05) is 0 Å². The Labute approximate surface area is 103 Å². The molecule has 0 aliphatic carbocycles. The van der Waals surface area contributed by atoms with Gasteiger partial charge in [-0.1, -0.05) is 50.5 Å². The van der Waals surface area contributed by atoms with E-state index in [1.165, 1.54) is 37.6 Å². The number of unbranched alkanes of at least 4 members (excludes halogenated alkanes) is 1. The average Bonchev–Trinajstić information content (AvgIpc) is 2.78. The van der Waals surface area contributed by atoms with Crippen molar-refractivity contribution in [1.29, 1.82) is 0 Å². The van der Waals surface area contributed by atoms with E-state index in [0.717, 1.165) is 5.52 Å². The molecular weight excluding hydrogens is 210 g/mol. The first-order valence-corrected chi connectivity index (χ1v) is 6.66. The Morgan fingerprint density at radius 2 is 1.94 bits per heavy atom. The fourth-order valence-corrected chi connectivity index (χ4v) is 2.32. The molecule has 0 saturated heterocycles. The first-order chi connectivity index (χ1) is 8.36. The van der Waals surface area contributed by atoms with E-state index in [2.05, 4.69) is 41.0 Å². The molecule has 1 aromatic carbocycles. The van der Waals surface area contributed by atoms with Gasteiger partial charge in [-0.3, -0.25) is 0 Å². The van der Waals surface area contributed by atoms with Crippen LogP contribution in [0.3, 0.4) is 0 Å². The molecule has 3 heteroatoms. The van der Waals surface area contributed by atoms with Gasteiger partial charge in [-0.05, 0) is 25.0 Å². The Morgan fingerprint density at radius 1 is 1.12 bits per heavy atom. The Balaban J connectivity index is 2.27. The topological polar surface area (TPSA) is 30.7 Å². The Kier molecular flexibility index (Phi) is 4.13. The molecule has 0 radical (unpaired) electrons. The summed E-state index contributed by atoms with van der Waals surface area (Å²) in [6, 6.07) is 8.73. The zero-order valence-corrected chi connectivity index (χ0v) is 10.8. The average molecular weight is 231 g/mol. The van der Waals surface area contributed by atoms with Gasteiger partial charge >= 0.3 is 0 Å². The number of fused-ring (bicyclic) bond motifs is 1. The number of para-hydroxylation sites is 1. The summed E-state index contributed by atoms with van der Waals surface area (Å²) < 4.78 is 2.12. The van der Waals surface area contributed by atoms with Crippen LogP contribution in [0.4, 0.5) is 0 Å². The van der Waals surface area contributed by atoms with Crippen LogP contribution in [0.25, 0.3) is 11.0 Å². The standard InChI is InChI=1S/C14H21N3/c1-3-5-9-12(8-4-2)17-14-11-7-6-10-13(14)15-16-17/h6-7,10-12H,3-5,8-9H2,1-2H3. The van der Waals surface area contributed by atoms with Crippen molar-refractivity contribution >= 4 is 11.0 Å². The predicted molar refractivity (Wildman–Crippen MR) is 71.0 cm³/mol. The normalized spacial score (nSPS) is 13.1. The molecule has 0 aliphatic rings. The third-order valence-electron chi connectivity index (χ3n) is 3.24. The minimum Gasteiger partial charge on any atom is -0.242 e. The van der Waals surface area contributed by atoms with E-state index in [1.54, 1.807) is 0 Å². The third-order valence-corrected chi connectivity index (χ3v) is 3.24. The molecule has 0 spiro atoms. The van der Waals surface area contributed by atoms with E-state index in [0.29, 0.717) is 6.04 Å². The fraction of sp³-hybridized carbons (Fsp3) is 0.571. The summed E-state index contributed by atoms with van der Waals surface area (Å²) in [5, 5.41) is 8.58. The van der Waals surface area contributed by atoms with Crippen LogP contribution in [-0.4, -0.2) is 15.0 Å². The Hall–Kier alpha value is -1.38. The van der Waals surface area contributed by atoms with Crippen LogP contribution in [0.5, 0.6) is 0 Å². The first kappa shape index (κ1) is 12.1. The maximum absolute atomic E-state index is 4.33. The third kappa shape index (κ3) is 2.65. The molecule has 0 aliphatic heterocycles. The molecule has 0 N–H and O–H groups in total. The second-order valence-corrected chi connectivity index (χ2v) is 4.61. The second kappa shape index (κ2) is 5.80. The lowest BCUT2D eigenvalue weighted by Crippen LogP contribution is -2.10. The van der Waals surface area contributed by atoms with Gasteiger partial charge in [0.25, 0.3) is 0 Å². The summed E-state index contributed by atoms with van der Waals surface area (Å²) in [6.45, 7) is 4.47. The number of rotatable bonds is 6. The highest BCUT2D eigenvalue weighted by molar-refractivity contribution is 5.73. The summed E-state index contributed by atoms with van der Waals surface area (Å²) in [5.74, 6) is 0. The Morgan fingerprint density at radius 3 is 2.71 bits per heavy atom. The highest BCUT2D eigenvalue weighted by Gasteiger charge is 2.13. The molecule has 2 rings (SSSR count). The van der Waals surface area contributed by atoms with Crippen molar-refractivity contribution in [3.8, 4) is 0 Å². The van der Waals surface area contributed by atoms with Gasteiger partial charge in [-0.25, -0.2) is 4.68 Å². The van der Waals surface area contributed by atoms with Crippen molar-refractivity contribution in [1.82, 2.24) is 15.0 Å². The summed E-state index contributed by atoms with van der Waals surface area (Å²) in [6.07, 6.45) is 6.10. The molecule has 3 nitrogen and oxygen atoms in total. The van der Waals surface area contributed by atoms with Gasteiger partial charge in [-0.15, -0.1) is 5.10 Å². The van der Waals surface area contributed by atoms with E-state index in [4.69, 9.17) is 0 Å². The Bertz CT molecular complexity index is 461. The maximum Gasteiger partial charge on any atom is 0.113 e. The fourth-order valence-electron chi connectivity index (χ4n) is 2.32. The molecule has 0 amide bonds. The van der Waals surface area contributed by atoms with Crippen molar-refractivity contribution in [3.05, 3.63) is 24.3 Å². The summed E-state index contributed by atoms with van der Waals surface area (Å²) in [4.78, 5) is 0. The zero-order chi connectivity index (χ0) is 12.1. The SMILES string of the molecule is CCCCC(CCC)n1nnc2ccccc21. The molecule has 2 aromatic rings. The largest absolute Gasteiger partial charge is 0.242 e. The van der Waals surface area contributed by atoms with Crippen molar-refractivity contribution in [2.24, 2.45) is 0 Å². The van der Waals surface area contributed by atoms with Crippen LogP contribution < -0.4 is 0 Å². The lowest BCUT2D eigenvalue weighted by molar-refractivity contribution is 0.386. The lowest BCUT2D eigenvalue weighted by Gasteiger charge is -2.16. The second-order valence-electron chi connectivity index (χ2n) is 4.61. The smallest absolute Gasteiger partial charge is 0.113 e. The molecule has 1 aromatic heterocycles. The highest BCUT2D eigenvalue weighted by atomic mass is 15.4. The number of hydrogen-bond acceptors (Lipinski definition) is 2. The number of aromatic nitrogens is 3. The predicted octanol–water partition coefficient (Wildman–Crippen LogP) is 3.96. The van der Waals surface area contributed by atoms with Gasteiger partial charge in [0.1, 0.15) is 5.52 Å². The van der Waals surface area contributed by atoms with Gasteiger partial charge in [0.15, 0.2) is 0 Å². The number of hydrogen-bond donors (Lipinski definition) is 0. The van der Waals surface area contributed by atoms with Gasteiger partial charge < -0.3 is 0 Å². The van der Waals surface area contributed by atoms with E-state index < -0.39 is 0 Å². The monoisotopic (exact) mass is 231 g/mol. The lowest BCUT2D eigenvalue weighted by atomic mass is 10.1. The summed E-state index contributed by atoms with van der Waals surface area (Å²) >= 11 is 0. The van der Waals surface area contributed by atoms with Crippen LogP contribution in [0, 0.1) is 0 Å². The van der Waals surface area contributed by atoms with E-state index in [1.807, 2.05) is 12.1 Å². The number of nitrogens with zero attached hydrogens (tertiary/aromatic N) is 3. The molecule has 92 valence electrons. The number of benzene rings is 1. The van der Waals surface area contributed by atoms with Crippen molar-refractivity contribution in [2.45, 2.75) is 52.0 Å². The molecule has 1 unspecified atom stereocenters. The minimum absolute atomic E-state index is 0.507. The molecule has 17 heavy (non-hydrogen) atoms. The quantitative estimate of drug-likeness (QED) is 0.753. The molecule has 0 bridgehead atoms. The van der Waals surface area contributed by atoms with Gasteiger partial charge in [0.2, 0.25) is 0 Å². The van der Waals surface area contributed by atoms with Crippen molar-refractivity contribution in [3.63, 3.8) is 0 Å². The van der Waals surface area contributed by atoms with Crippen LogP contribution >= 0.6 is 0 Å². The highest BCUT2D eigenvalue weighted by Crippen LogP contribution is 2.23. The molecular formula is C14H21N3. The van der Waals surface area contributed by atoms with Gasteiger partial charge in [-0.2, -0.15) is 0 Å². The van der Waals surface area contributed by atoms with E-state index >= 15 is 0 Å². The molecule has 0 fully saturated rings. The van der Waals surface area contributed by atoms with Crippen molar-refractivity contribution in [2.75, 3.05) is 0 Å². The van der Waals surface area contributed by atoms with E-state index in [9.17, 15) is 0 Å².